The summed E-state index contributed by atoms with van der Waals surface area (Å²) in [5, 5.41) is 44.4. The lowest BCUT2D eigenvalue weighted by Crippen LogP contribution is -2.45. The Morgan fingerprint density at radius 1 is 0.593 bits per heavy atom. The maximum Gasteiger partial charge on any atom is 0.242 e. The van der Waals surface area contributed by atoms with Crippen LogP contribution >= 0.6 is 0 Å². The van der Waals surface area contributed by atoms with Crippen molar-refractivity contribution in [1.82, 2.24) is 57.3 Å². The number of nitriles is 1. The number of carbonyl (C=O) groups is 10. The molecular formula is C55H100N14O12. The second-order valence-electron chi connectivity index (χ2n) is 17.0. The van der Waals surface area contributed by atoms with Gasteiger partial charge in [0.2, 0.25) is 53.2 Å². The highest BCUT2D eigenvalue weighted by molar-refractivity contribution is 5.85. The van der Waals surface area contributed by atoms with Crippen molar-refractivity contribution in [2.45, 2.75) is 115 Å². The average molecular weight is 1150 g/mol. The predicted molar refractivity (Wildman–Crippen MR) is 317 cm³/mol. The average Bonchev–Trinajstić information content (AvgIpc) is 3.36. The summed E-state index contributed by atoms with van der Waals surface area (Å²) < 4.78 is 0. The number of amides is 9. The molecule has 2 rings (SSSR count). The predicted octanol–water partition coefficient (Wildman–Crippen LogP) is 0.648. The number of aromatic nitrogens is 1. The minimum Gasteiger partial charge on any atom is -0.403 e. The number of pyridine rings is 1. The summed E-state index contributed by atoms with van der Waals surface area (Å²) in [5.41, 5.74) is 13.7. The van der Waals surface area contributed by atoms with E-state index >= 15 is 0 Å². The minimum atomic E-state index is -0.961. The van der Waals surface area contributed by atoms with Gasteiger partial charge in [-0.05, 0) is 70.2 Å². The summed E-state index contributed by atoms with van der Waals surface area (Å²) in [6, 6.07) is 14.4. The van der Waals surface area contributed by atoms with Gasteiger partial charge in [-0.15, -0.1) is 0 Å². The second kappa shape index (κ2) is 66.0. The molecule has 0 bridgehead atoms. The van der Waals surface area contributed by atoms with E-state index in [-0.39, 0.29) is 66.8 Å². The highest BCUT2D eigenvalue weighted by atomic mass is 16.3. The second-order valence-corrected chi connectivity index (χ2v) is 17.0. The first-order valence-electron chi connectivity index (χ1n) is 25.3. The third-order valence-electron chi connectivity index (χ3n) is 7.67. The van der Waals surface area contributed by atoms with E-state index in [1.165, 1.54) is 62.3 Å². The minimum absolute atomic E-state index is 0.00820. The van der Waals surface area contributed by atoms with Crippen LogP contribution < -0.4 is 54.0 Å². The maximum atomic E-state index is 10.5. The number of benzene rings is 1. The van der Waals surface area contributed by atoms with Gasteiger partial charge in [0, 0.05) is 127 Å². The van der Waals surface area contributed by atoms with Crippen molar-refractivity contribution in [2.75, 3.05) is 80.7 Å². The standard InChI is InChI=1S/C9H11NO.C8H10N2O.C6H14N2O.C6H13NO.C5H10N2O3.C5H9NO2.C5H11N.C4H6N2O.C4H9NO2.C3H7N/c1-8(11)10-7-9-5-3-2-4-6-9;1-7(11)10-6-8-2-4-9-5-3-8;1-6(9)7-4-5-8(2)3;1-3-4-5-7-6(2)8;1-3(9)7-4(2-8)5(6)10;1-4(7)3-6-5(2)8;1-5(2)6(3)4;1-4(7)6-3-2-5;1-4(7)5-2-3-6;1-3(2)4/h2-6H,7H2,1H3,(H,10,11);2-5H,6H2,1H3,(H,10,11);4-5H2,1-3H3,(H,7,9);3-5H2,1-2H3,(H,7,8);4,8H,2H2,1H3,(H2,6,10)(H,7,9);3H2,1-2H3,(H,6,8);1H2,2-4H3;3H2,1H3,(H,6,7);6H,2-3H2,1H3,(H,5,7);1,4H2,2H3. The quantitative estimate of drug-likeness (QED) is 0.0679. The molecule has 0 aliphatic rings. The number of rotatable bonds is 19. The van der Waals surface area contributed by atoms with E-state index in [0.717, 1.165) is 49.3 Å². The van der Waals surface area contributed by atoms with Crippen LogP contribution in [0.15, 0.2) is 79.4 Å². The van der Waals surface area contributed by atoms with Crippen molar-refractivity contribution >= 4 is 58.9 Å². The van der Waals surface area contributed by atoms with E-state index in [4.69, 9.17) is 26.9 Å². The van der Waals surface area contributed by atoms with Crippen molar-refractivity contribution in [3.05, 3.63) is 90.5 Å². The third-order valence-corrected chi connectivity index (χ3v) is 7.67. The van der Waals surface area contributed by atoms with Crippen LogP contribution in [0.4, 0.5) is 0 Å². The molecule has 14 N–H and O–H groups in total. The van der Waals surface area contributed by atoms with Gasteiger partial charge < -0.3 is 74.0 Å². The van der Waals surface area contributed by atoms with Crippen LogP contribution in [-0.2, 0) is 61.0 Å². The molecular weight excluding hydrogens is 1050 g/mol. The number of unbranched alkanes of at least 4 members (excludes halogenated alkanes) is 1. The summed E-state index contributed by atoms with van der Waals surface area (Å²) in [6.45, 7) is 29.6. The third kappa shape index (κ3) is 112. The summed E-state index contributed by atoms with van der Waals surface area (Å²) >= 11 is 0. The van der Waals surface area contributed by atoms with Crippen LogP contribution in [-0.4, -0.2) is 171 Å². The van der Waals surface area contributed by atoms with Gasteiger partial charge in [-0.2, -0.15) is 5.26 Å². The first-order chi connectivity index (χ1) is 37.6. The van der Waals surface area contributed by atoms with Gasteiger partial charge in [-0.25, -0.2) is 0 Å². The number of likely N-dealkylation sites (N-methyl/N-ethyl adjacent to an activating group) is 1. The van der Waals surface area contributed by atoms with Gasteiger partial charge in [0.15, 0.2) is 0 Å². The highest BCUT2D eigenvalue weighted by Crippen LogP contribution is 1.96. The van der Waals surface area contributed by atoms with Crippen molar-refractivity contribution in [3.8, 4) is 6.07 Å². The molecule has 0 saturated carbocycles. The van der Waals surface area contributed by atoms with Gasteiger partial charge in [0.05, 0.1) is 25.8 Å². The van der Waals surface area contributed by atoms with E-state index in [1.54, 1.807) is 25.4 Å². The molecule has 0 aliphatic carbocycles. The van der Waals surface area contributed by atoms with Gasteiger partial charge >= 0.3 is 0 Å². The molecule has 81 heavy (non-hydrogen) atoms. The number of nitrogens with two attached hydrogens (primary N) is 2. The van der Waals surface area contributed by atoms with E-state index < -0.39 is 24.5 Å². The Kier molecular flexibility index (Phi) is 72.8. The lowest BCUT2D eigenvalue weighted by Gasteiger charge is -2.09. The Balaban J connectivity index is -0.000000123. The molecule has 1 heterocycles. The number of aliphatic hydroxyl groups excluding tert-OH is 2. The molecule has 26 heteroatoms. The number of aliphatic hydroxyl groups is 2. The fourth-order valence-electron chi connectivity index (χ4n) is 3.54. The molecule has 1 atom stereocenters. The van der Waals surface area contributed by atoms with Crippen LogP contribution in [0.5, 0.6) is 0 Å². The molecule has 0 saturated heterocycles. The van der Waals surface area contributed by atoms with Crippen molar-refractivity contribution in [3.63, 3.8) is 0 Å². The number of hydrogen-bond donors (Lipinski definition) is 12. The molecule has 1 aromatic heterocycles. The summed E-state index contributed by atoms with van der Waals surface area (Å²) in [6.07, 6.45) is 5.63. The Labute approximate surface area is 482 Å². The van der Waals surface area contributed by atoms with E-state index in [2.05, 4.69) is 67.6 Å². The first-order valence-corrected chi connectivity index (χ1v) is 25.3. The Hall–Kier alpha value is -8.28. The molecule has 1 aromatic carbocycles. The molecule has 462 valence electrons. The van der Waals surface area contributed by atoms with Gasteiger partial charge in [-0.3, -0.25) is 52.9 Å². The number of hydrogen-bond acceptors (Lipinski definition) is 17. The zero-order valence-electron chi connectivity index (χ0n) is 51.1. The fraction of sp³-hybridized carbons (Fsp3) is 0.527. The van der Waals surface area contributed by atoms with Crippen LogP contribution in [0.1, 0.15) is 107 Å². The highest BCUT2D eigenvalue weighted by Gasteiger charge is 2.13. The van der Waals surface area contributed by atoms with Crippen LogP contribution in [0.2, 0.25) is 0 Å². The lowest BCUT2D eigenvalue weighted by atomic mass is 10.2. The summed E-state index contributed by atoms with van der Waals surface area (Å²) in [5.74, 6) is -1.49. The number of ketones is 1. The number of carbonyl (C=O) groups excluding carboxylic acids is 10. The zero-order chi connectivity index (χ0) is 64.7. The van der Waals surface area contributed by atoms with Gasteiger partial charge in [0.25, 0.3) is 0 Å². The molecule has 0 fully saturated rings. The number of nitrogens with one attached hydrogen (secondary N) is 8. The number of primary amides is 1. The van der Waals surface area contributed by atoms with Crippen molar-refractivity contribution in [1.29, 1.82) is 5.26 Å². The maximum absolute atomic E-state index is 10.5. The Morgan fingerprint density at radius 2 is 0.975 bits per heavy atom. The number of allylic oxidation sites excluding steroid dienone is 2. The van der Waals surface area contributed by atoms with E-state index in [9.17, 15) is 47.9 Å². The molecule has 1 unspecified atom stereocenters. The zero-order valence-corrected chi connectivity index (χ0v) is 51.1. The monoisotopic (exact) mass is 1150 g/mol. The Bertz CT molecular complexity index is 1980. The summed E-state index contributed by atoms with van der Waals surface area (Å²) in [7, 11) is 7.90. The molecule has 26 nitrogen and oxygen atoms in total. The molecule has 0 spiro atoms. The van der Waals surface area contributed by atoms with E-state index in [1.807, 2.05) is 87.4 Å². The van der Waals surface area contributed by atoms with Crippen LogP contribution in [0.3, 0.4) is 0 Å². The normalized spacial score (nSPS) is 8.96. The van der Waals surface area contributed by atoms with Gasteiger partial charge in [-0.1, -0.05) is 56.8 Å². The van der Waals surface area contributed by atoms with Crippen LogP contribution in [0.25, 0.3) is 0 Å². The first kappa shape index (κ1) is 89.3. The van der Waals surface area contributed by atoms with Gasteiger partial charge in [0.1, 0.15) is 18.4 Å². The van der Waals surface area contributed by atoms with Crippen molar-refractivity contribution in [2.24, 2.45) is 11.5 Å². The lowest BCUT2D eigenvalue weighted by molar-refractivity contribution is -0.127. The Morgan fingerprint density at radius 3 is 1.22 bits per heavy atom. The number of nitrogens with zero attached hydrogens (tertiary/aromatic N) is 4. The van der Waals surface area contributed by atoms with Crippen molar-refractivity contribution < 1.29 is 58.2 Å². The smallest absolute Gasteiger partial charge is 0.242 e. The SMILES string of the molecule is C=C(C)N.C=C(C)N(C)C.CC(=O)CNC(C)=O.CC(=O)NC(CO)C(N)=O.CC(=O)NCC#N.CC(=O)NCCN(C)C.CC(=O)NCCO.CC(=O)NCc1ccccc1.CC(=O)NCc1ccncc1.CCCCNC(C)=O. The fourth-order valence-corrected chi connectivity index (χ4v) is 3.54. The van der Waals surface area contributed by atoms with E-state index in [0.29, 0.717) is 25.3 Å². The molecule has 9 amide bonds. The molecule has 2 aromatic rings. The largest absolute Gasteiger partial charge is 0.403 e. The van der Waals surface area contributed by atoms with Crippen LogP contribution in [0, 0.1) is 11.3 Å². The number of Topliss-reactive ketones (excluding diaryl/α,β-unsaturated/α-hetero) is 1. The molecule has 0 aliphatic heterocycles. The summed E-state index contributed by atoms with van der Waals surface area (Å²) in [4.78, 5) is 110. The molecule has 0 radical (unpaired) electrons. The topological polar surface area (TPSA) is 403 Å².